The van der Waals surface area contributed by atoms with Crippen LogP contribution in [0.15, 0.2) is 23.3 Å². The minimum absolute atomic E-state index is 0. The quantitative estimate of drug-likeness (QED) is 0.812. The molecule has 2 amide bonds. The van der Waals surface area contributed by atoms with E-state index in [1.165, 1.54) is 19.9 Å². The summed E-state index contributed by atoms with van der Waals surface area (Å²) in [5, 5.41) is 9.06. The summed E-state index contributed by atoms with van der Waals surface area (Å²) in [5.41, 5.74) is 2.12. The molecule has 0 bridgehead atoms. The maximum atomic E-state index is 14.4. The van der Waals surface area contributed by atoms with Gasteiger partial charge in [-0.2, -0.15) is 0 Å². The predicted molar refractivity (Wildman–Crippen MR) is 87.4 cm³/mol. The second-order valence-electron chi connectivity index (χ2n) is 6.10. The predicted octanol–water partition coefficient (Wildman–Crippen LogP) is 2.26. The van der Waals surface area contributed by atoms with Crippen LogP contribution in [0.3, 0.4) is 0 Å². The molecule has 8 heteroatoms. The van der Waals surface area contributed by atoms with Gasteiger partial charge in [0.1, 0.15) is 0 Å². The fourth-order valence-electron chi connectivity index (χ4n) is 2.85. The van der Waals surface area contributed by atoms with E-state index in [2.05, 4.69) is 5.48 Å². The zero-order valence-corrected chi connectivity index (χ0v) is 13.3. The molecule has 0 saturated heterocycles. The molecule has 0 aliphatic carbocycles. The summed E-state index contributed by atoms with van der Waals surface area (Å²) < 4.78 is 14.4. The number of nitrogens with zero attached hydrogens (tertiary/aromatic N) is 1. The van der Waals surface area contributed by atoms with Gasteiger partial charge in [-0.05, 0) is 26.8 Å². The third-order valence-corrected chi connectivity index (χ3v) is 4.39. The number of aliphatic carboxylic acids is 1. The smallest absolute Gasteiger partial charge is 0.305 e. The number of nitrogens with one attached hydrogen (secondary N) is 1. The van der Waals surface area contributed by atoms with E-state index in [0.717, 1.165) is 11.0 Å². The molecule has 3 rings (SSSR count). The largest absolute Gasteiger partial charge is 0.481 e. The highest BCUT2D eigenvalue weighted by atomic mass is 19.1. The molecule has 134 valence electrons. The molecule has 7 nitrogen and oxygen atoms in total. The zero-order chi connectivity index (χ0) is 17.8. The number of anilines is 1. The van der Waals surface area contributed by atoms with E-state index in [-0.39, 0.29) is 36.4 Å². The molecule has 0 radical (unpaired) electrons. The SMILES string of the molecule is C.CC1=C(C)C(=O)N(c2cc3c(cc2F)ONC3(C)CC(=O)O)C1=O. The number of hydroxylamine groups is 1. The van der Waals surface area contributed by atoms with Crippen molar-refractivity contribution in [3.8, 4) is 5.75 Å². The second kappa shape index (κ2) is 5.96. The molecule has 1 aromatic carbocycles. The Labute approximate surface area is 144 Å². The first-order valence-electron chi connectivity index (χ1n) is 7.22. The molecule has 1 unspecified atom stereocenters. The van der Waals surface area contributed by atoms with Crippen molar-refractivity contribution >= 4 is 23.5 Å². The molecular formula is C17H19FN2O5. The zero-order valence-electron chi connectivity index (χ0n) is 13.3. The van der Waals surface area contributed by atoms with Crippen LogP contribution < -0.4 is 15.2 Å². The fourth-order valence-corrected chi connectivity index (χ4v) is 2.85. The highest BCUT2D eigenvalue weighted by Crippen LogP contribution is 2.42. The first-order chi connectivity index (χ1) is 11.2. The van der Waals surface area contributed by atoms with Crippen LogP contribution in [0.5, 0.6) is 5.75 Å². The Morgan fingerprint density at radius 1 is 1.28 bits per heavy atom. The van der Waals surface area contributed by atoms with Gasteiger partial charge in [-0.15, -0.1) is 5.48 Å². The van der Waals surface area contributed by atoms with Gasteiger partial charge >= 0.3 is 5.97 Å². The van der Waals surface area contributed by atoms with Gasteiger partial charge in [0, 0.05) is 22.8 Å². The van der Waals surface area contributed by atoms with Crippen LogP contribution in [0, 0.1) is 5.82 Å². The van der Waals surface area contributed by atoms with E-state index < -0.39 is 29.1 Å². The maximum absolute atomic E-state index is 14.4. The first kappa shape index (κ1) is 18.6. The van der Waals surface area contributed by atoms with E-state index in [0.29, 0.717) is 5.56 Å². The van der Waals surface area contributed by atoms with Gasteiger partial charge in [0.05, 0.1) is 17.6 Å². The van der Waals surface area contributed by atoms with Crippen molar-refractivity contribution in [3.05, 3.63) is 34.7 Å². The van der Waals surface area contributed by atoms with Crippen LogP contribution in [0.1, 0.15) is 40.2 Å². The molecule has 0 spiro atoms. The van der Waals surface area contributed by atoms with Gasteiger partial charge in [0.15, 0.2) is 11.6 Å². The third kappa shape index (κ3) is 2.68. The van der Waals surface area contributed by atoms with Gasteiger partial charge < -0.3 is 9.94 Å². The van der Waals surface area contributed by atoms with Crippen LogP contribution >= 0.6 is 0 Å². The summed E-state index contributed by atoms with van der Waals surface area (Å²) in [7, 11) is 0. The average molecular weight is 350 g/mol. The Bertz CT molecular complexity index is 809. The summed E-state index contributed by atoms with van der Waals surface area (Å²) >= 11 is 0. The number of carboxylic acid groups (broad SMARTS) is 1. The number of rotatable bonds is 3. The molecule has 25 heavy (non-hydrogen) atoms. The summed E-state index contributed by atoms with van der Waals surface area (Å²) in [4.78, 5) is 41.5. The molecule has 2 aliphatic rings. The van der Waals surface area contributed by atoms with Crippen molar-refractivity contribution in [3.63, 3.8) is 0 Å². The first-order valence-corrected chi connectivity index (χ1v) is 7.22. The molecule has 2 aliphatic heterocycles. The van der Waals surface area contributed by atoms with Crippen molar-refractivity contribution in [1.29, 1.82) is 0 Å². The van der Waals surface area contributed by atoms with E-state index >= 15 is 0 Å². The van der Waals surface area contributed by atoms with Crippen LogP contribution in [0.25, 0.3) is 0 Å². The molecule has 0 saturated carbocycles. The molecule has 2 N–H and O–H groups in total. The van der Waals surface area contributed by atoms with Crippen LogP contribution in [-0.2, 0) is 19.9 Å². The van der Waals surface area contributed by atoms with Crippen molar-refractivity contribution in [2.24, 2.45) is 0 Å². The molecule has 1 atom stereocenters. The number of carboxylic acids is 1. The summed E-state index contributed by atoms with van der Waals surface area (Å²) in [6.45, 7) is 4.58. The highest BCUT2D eigenvalue weighted by molar-refractivity contribution is 6.32. The molecular weight excluding hydrogens is 331 g/mol. The molecule has 0 aromatic heterocycles. The lowest BCUT2D eigenvalue weighted by molar-refractivity contribution is -0.139. The number of carbonyl (C=O) groups excluding carboxylic acids is 2. The monoisotopic (exact) mass is 350 g/mol. The van der Waals surface area contributed by atoms with E-state index in [1.54, 1.807) is 6.92 Å². The number of fused-ring (bicyclic) bond motifs is 1. The lowest BCUT2D eigenvalue weighted by Gasteiger charge is -2.22. The maximum Gasteiger partial charge on any atom is 0.305 e. The average Bonchev–Trinajstić information content (AvgIpc) is 2.89. The Hall–Kier alpha value is -2.74. The lowest BCUT2D eigenvalue weighted by Crippen LogP contribution is -2.38. The van der Waals surface area contributed by atoms with Crippen LogP contribution in [0.2, 0.25) is 0 Å². The highest BCUT2D eigenvalue weighted by Gasteiger charge is 2.42. The Morgan fingerprint density at radius 3 is 2.36 bits per heavy atom. The number of amides is 2. The number of benzene rings is 1. The summed E-state index contributed by atoms with van der Waals surface area (Å²) in [5.74, 6) is -2.94. The van der Waals surface area contributed by atoms with Crippen molar-refractivity contribution in [2.45, 2.75) is 40.2 Å². The number of hydrogen-bond donors (Lipinski definition) is 2. The number of halogens is 1. The lowest BCUT2D eigenvalue weighted by atomic mass is 9.89. The van der Waals surface area contributed by atoms with Crippen molar-refractivity contribution < 1.29 is 28.7 Å². The summed E-state index contributed by atoms with van der Waals surface area (Å²) in [6.07, 6.45) is -0.316. The van der Waals surface area contributed by atoms with Gasteiger partial charge in [0.25, 0.3) is 11.8 Å². The number of imide groups is 1. The summed E-state index contributed by atoms with van der Waals surface area (Å²) in [6, 6.07) is 2.32. The standard InChI is InChI=1S/C16H15FN2O5.CH4/c1-7-8(2)15(23)19(14(7)22)11-4-9-12(5-10(11)17)24-18-16(9,3)6-13(20)21;/h4-5,18H,6H2,1-3H3,(H,20,21);1H4. The second-order valence-corrected chi connectivity index (χ2v) is 6.10. The van der Waals surface area contributed by atoms with Gasteiger partial charge in [0.2, 0.25) is 0 Å². The van der Waals surface area contributed by atoms with Gasteiger partial charge in [-0.3, -0.25) is 14.4 Å². The van der Waals surface area contributed by atoms with E-state index in [4.69, 9.17) is 9.94 Å². The number of carbonyl (C=O) groups is 3. The van der Waals surface area contributed by atoms with Gasteiger partial charge in [-0.1, -0.05) is 7.43 Å². The molecule has 0 fully saturated rings. The van der Waals surface area contributed by atoms with Crippen LogP contribution in [0.4, 0.5) is 10.1 Å². The van der Waals surface area contributed by atoms with Crippen molar-refractivity contribution in [2.75, 3.05) is 4.90 Å². The molecule has 2 heterocycles. The fraction of sp³-hybridized carbons (Fsp3) is 0.353. The minimum Gasteiger partial charge on any atom is -0.481 e. The topological polar surface area (TPSA) is 95.9 Å². The third-order valence-electron chi connectivity index (χ3n) is 4.39. The molecule has 1 aromatic rings. The van der Waals surface area contributed by atoms with Gasteiger partial charge in [-0.25, -0.2) is 9.29 Å². The Morgan fingerprint density at radius 2 is 1.84 bits per heavy atom. The van der Waals surface area contributed by atoms with E-state index in [9.17, 15) is 18.8 Å². The Balaban J connectivity index is 0.00000225. The Kier molecular flexibility index (Phi) is 4.43. The minimum atomic E-state index is -1.10. The van der Waals surface area contributed by atoms with Crippen molar-refractivity contribution in [1.82, 2.24) is 5.48 Å². The number of hydrogen-bond acceptors (Lipinski definition) is 5. The normalized spacial score (nSPS) is 22.0. The van der Waals surface area contributed by atoms with E-state index in [1.807, 2.05) is 0 Å². The van der Waals surface area contributed by atoms with Crippen LogP contribution in [-0.4, -0.2) is 22.9 Å².